The van der Waals surface area contributed by atoms with Gasteiger partial charge in [0.2, 0.25) is 11.8 Å². The number of nitrogens with zero attached hydrogens (tertiary/aromatic N) is 1. The monoisotopic (exact) mass is 446 g/mol. The van der Waals surface area contributed by atoms with E-state index in [1.165, 1.54) is 30.6 Å². The number of carbonyl (C=O) groups is 3. The maximum Gasteiger partial charge on any atom is 0.251 e. The Balaban J connectivity index is 1.36. The van der Waals surface area contributed by atoms with Gasteiger partial charge in [0.15, 0.2) is 0 Å². The molecule has 31 heavy (non-hydrogen) atoms. The van der Waals surface area contributed by atoms with E-state index in [1.54, 1.807) is 0 Å². The Bertz CT molecular complexity index is 846. The number of piperidine rings is 1. The molecule has 1 aromatic rings. The molecule has 4 N–H and O–H groups in total. The van der Waals surface area contributed by atoms with Crippen molar-refractivity contribution in [3.05, 3.63) is 16.0 Å². The first-order chi connectivity index (χ1) is 14.9. The highest BCUT2D eigenvalue weighted by Gasteiger charge is 2.33. The van der Waals surface area contributed by atoms with Crippen LogP contribution in [0, 0.1) is 5.92 Å². The van der Waals surface area contributed by atoms with Crippen molar-refractivity contribution >= 4 is 34.1 Å². The zero-order valence-corrected chi connectivity index (χ0v) is 19.2. The molecule has 3 aliphatic rings. The molecule has 2 unspecified atom stereocenters. The number of rotatable bonds is 6. The zero-order chi connectivity index (χ0) is 22.0. The Labute approximate surface area is 188 Å². The van der Waals surface area contributed by atoms with Gasteiger partial charge in [-0.2, -0.15) is 0 Å². The van der Waals surface area contributed by atoms with Gasteiger partial charge in [-0.05, 0) is 64.0 Å². The molecule has 0 spiro atoms. The number of amides is 3. The van der Waals surface area contributed by atoms with E-state index in [2.05, 4.69) is 15.5 Å². The van der Waals surface area contributed by atoms with Crippen LogP contribution < -0.4 is 16.4 Å². The fourth-order valence-electron chi connectivity index (χ4n) is 5.27. The van der Waals surface area contributed by atoms with Crippen molar-refractivity contribution in [2.24, 2.45) is 11.7 Å². The minimum Gasteiger partial charge on any atom is -0.365 e. The fraction of sp³-hybridized carbons (Fsp3) is 0.696. The summed E-state index contributed by atoms with van der Waals surface area (Å²) in [5.74, 6) is -0.553. The van der Waals surface area contributed by atoms with Gasteiger partial charge in [0.05, 0.1) is 17.5 Å². The Morgan fingerprint density at radius 3 is 2.58 bits per heavy atom. The standard InChI is InChI=1S/C23H34N4O3S/c1-14(21(29)26-23-19(20(24)28)17-10-5-11-18(17)31-23)27-12-6-7-15(13-27)22(30)25-16-8-3-2-4-9-16/h14-16H,2-13H2,1H3,(H2,24,28)(H,25,30)(H,26,29). The molecule has 0 aromatic carbocycles. The molecule has 3 amide bonds. The van der Waals surface area contributed by atoms with Gasteiger partial charge in [0, 0.05) is 17.5 Å². The second-order valence-electron chi connectivity index (χ2n) is 9.27. The first-order valence-corrected chi connectivity index (χ1v) is 12.5. The third kappa shape index (κ3) is 4.95. The molecule has 2 fully saturated rings. The summed E-state index contributed by atoms with van der Waals surface area (Å²) in [5, 5.41) is 6.79. The number of hydrogen-bond acceptors (Lipinski definition) is 5. The van der Waals surface area contributed by atoms with E-state index in [-0.39, 0.29) is 23.8 Å². The number of fused-ring (bicyclic) bond motifs is 1. The number of thiophene rings is 1. The topological polar surface area (TPSA) is 105 Å². The van der Waals surface area contributed by atoms with Crippen LogP contribution in [-0.2, 0) is 22.4 Å². The Morgan fingerprint density at radius 2 is 1.84 bits per heavy atom. The number of anilines is 1. The van der Waals surface area contributed by atoms with Crippen LogP contribution in [0.3, 0.4) is 0 Å². The molecule has 1 saturated carbocycles. The van der Waals surface area contributed by atoms with Crippen LogP contribution in [-0.4, -0.2) is 47.8 Å². The molecular weight excluding hydrogens is 412 g/mol. The number of likely N-dealkylation sites (tertiary alicyclic amines) is 1. The number of carbonyl (C=O) groups excluding carboxylic acids is 3. The maximum atomic E-state index is 13.0. The van der Waals surface area contributed by atoms with Crippen molar-refractivity contribution in [1.82, 2.24) is 10.2 Å². The van der Waals surface area contributed by atoms with Crippen molar-refractivity contribution in [1.29, 1.82) is 0 Å². The number of nitrogens with two attached hydrogens (primary N) is 1. The molecule has 1 saturated heterocycles. The van der Waals surface area contributed by atoms with Gasteiger partial charge in [-0.3, -0.25) is 19.3 Å². The molecule has 170 valence electrons. The lowest BCUT2D eigenvalue weighted by molar-refractivity contribution is -0.130. The molecule has 1 aliphatic heterocycles. The lowest BCUT2D eigenvalue weighted by Crippen LogP contribution is -2.51. The van der Waals surface area contributed by atoms with Crippen LogP contribution in [0.4, 0.5) is 5.00 Å². The van der Waals surface area contributed by atoms with E-state index in [0.29, 0.717) is 23.2 Å². The molecule has 0 bridgehead atoms. The quantitative estimate of drug-likeness (QED) is 0.625. The molecule has 2 heterocycles. The van der Waals surface area contributed by atoms with Gasteiger partial charge in [-0.25, -0.2) is 0 Å². The highest BCUT2D eigenvalue weighted by molar-refractivity contribution is 7.17. The van der Waals surface area contributed by atoms with Crippen LogP contribution >= 0.6 is 11.3 Å². The van der Waals surface area contributed by atoms with E-state index in [9.17, 15) is 14.4 Å². The van der Waals surface area contributed by atoms with Crippen molar-refractivity contribution in [3.8, 4) is 0 Å². The third-order valence-electron chi connectivity index (χ3n) is 7.11. The first kappa shape index (κ1) is 22.3. The lowest BCUT2D eigenvalue weighted by atomic mass is 9.92. The first-order valence-electron chi connectivity index (χ1n) is 11.7. The van der Waals surface area contributed by atoms with Gasteiger partial charge >= 0.3 is 0 Å². The van der Waals surface area contributed by atoms with Crippen LogP contribution in [0.1, 0.15) is 79.1 Å². The highest BCUT2D eigenvalue weighted by atomic mass is 32.1. The van der Waals surface area contributed by atoms with Gasteiger partial charge in [-0.15, -0.1) is 11.3 Å². The van der Waals surface area contributed by atoms with Crippen molar-refractivity contribution < 1.29 is 14.4 Å². The number of aryl methyl sites for hydroxylation is 1. The molecule has 2 aliphatic carbocycles. The average Bonchev–Trinajstić information content (AvgIpc) is 3.34. The number of primary amides is 1. The van der Waals surface area contributed by atoms with Crippen LogP contribution in [0.25, 0.3) is 0 Å². The van der Waals surface area contributed by atoms with Gasteiger partial charge in [0.25, 0.3) is 5.91 Å². The summed E-state index contributed by atoms with van der Waals surface area (Å²) in [7, 11) is 0. The van der Waals surface area contributed by atoms with Gasteiger partial charge < -0.3 is 16.4 Å². The highest BCUT2D eigenvalue weighted by Crippen LogP contribution is 2.39. The molecule has 2 atom stereocenters. The minimum absolute atomic E-state index is 0.0716. The van der Waals surface area contributed by atoms with Crippen LogP contribution in [0.15, 0.2) is 0 Å². The van der Waals surface area contributed by atoms with Gasteiger partial charge in [0.1, 0.15) is 5.00 Å². The third-order valence-corrected chi connectivity index (χ3v) is 8.31. The summed E-state index contributed by atoms with van der Waals surface area (Å²) in [5.41, 5.74) is 7.12. The largest absolute Gasteiger partial charge is 0.365 e. The number of hydrogen-bond donors (Lipinski definition) is 3. The summed E-state index contributed by atoms with van der Waals surface area (Å²) in [6, 6.07) is -0.0618. The smallest absolute Gasteiger partial charge is 0.251 e. The van der Waals surface area contributed by atoms with Crippen molar-refractivity contribution in [2.45, 2.75) is 83.2 Å². The van der Waals surface area contributed by atoms with Crippen molar-refractivity contribution in [3.63, 3.8) is 0 Å². The van der Waals surface area contributed by atoms with Crippen molar-refractivity contribution in [2.75, 3.05) is 18.4 Å². The normalized spacial score (nSPS) is 23.2. The summed E-state index contributed by atoms with van der Waals surface area (Å²) >= 11 is 1.48. The molecule has 1 aromatic heterocycles. The summed E-state index contributed by atoms with van der Waals surface area (Å²) in [6.45, 7) is 3.27. The summed E-state index contributed by atoms with van der Waals surface area (Å²) in [6.07, 6.45) is 10.4. The molecule has 0 radical (unpaired) electrons. The van der Waals surface area contributed by atoms with E-state index in [1.807, 2.05) is 6.92 Å². The number of nitrogens with one attached hydrogen (secondary N) is 2. The average molecular weight is 447 g/mol. The molecule has 8 heteroatoms. The molecule has 4 rings (SSSR count). The van der Waals surface area contributed by atoms with E-state index in [0.717, 1.165) is 61.9 Å². The predicted octanol–water partition coefficient (Wildman–Crippen LogP) is 2.82. The summed E-state index contributed by atoms with van der Waals surface area (Å²) < 4.78 is 0. The second-order valence-corrected chi connectivity index (χ2v) is 10.4. The van der Waals surface area contributed by atoms with E-state index in [4.69, 9.17) is 5.73 Å². The fourth-order valence-corrected chi connectivity index (χ4v) is 6.57. The lowest BCUT2D eigenvalue weighted by Gasteiger charge is -2.36. The Morgan fingerprint density at radius 1 is 1.06 bits per heavy atom. The van der Waals surface area contributed by atoms with E-state index >= 15 is 0 Å². The molecule has 7 nitrogen and oxygen atoms in total. The second kappa shape index (κ2) is 9.69. The SMILES string of the molecule is CC(C(=O)Nc1sc2c(c1C(N)=O)CCC2)N1CCCC(C(=O)NC2CCCCC2)C1. The zero-order valence-electron chi connectivity index (χ0n) is 18.4. The molecular formula is C23H34N4O3S. The predicted molar refractivity (Wildman–Crippen MR) is 122 cm³/mol. The van der Waals surface area contributed by atoms with E-state index < -0.39 is 5.91 Å². The summed E-state index contributed by atoms with van der Waals surface area (Å²) in [4.78, 5) is 41.1. The van der Waals surface area contributed by atoms with Crippen LogP contribution in [0.2, 0.25) is 0 Å². The Hall–Kier alpha value is -1.93. The van der Waals surface area contributed by atoms with Gasteiger partial charge in [-0.1, -0.05) is 19.3 Å². The maximum absolute atomic E-state index is 13.0. The Kier molecular flexibility index (Phi) is 6.96. The van der Waals surface area contributed by atoms with Crippen LogP contribution in [0.5, 0.6) is 0 Å². The minimum atomic E-state index is -0.472.